The molecule has 1 unspecified atom stereocenters. The maximum atomic E-state index is 12.8. The predicted molar refractivity (Wildman–Crippen MR) is 109 cm³/mol. The molecule has 1 fully saturated rings. The van der Waals surface area contributed by atoms with Gasteiger partial charge in [0.15, 0.2) is 0 Å². The molecule has 10 heteroatoms. The minimum Gasteiger partial charge on any atom is -0.361 e. The molecule has 1 N–H and O–H groups in total. The molecule has 1 saturated heterocycles. The van der Waals surface area contributed by atoms with Crippen molar-refractivity contribution in [1.29, 1.82) is 0 Å². The summed E-state index contributed by atoms with van der Waals surface area (Å²) in [6.45, 7) is 7.74. The summed E-state index contributed by atoms with van der Waals surface area (Å²) in [5, 5.41) is 6.09. The quantitative estimate of drug-likeness (QED) is 0.508. The maximum Gasteiger partial charge on any atom is 0.277 e. The molecule has 0 spiro atoms. The molecule has 4 amide bonds. The number of piperidine rings is 1. The van der Waals surface area contributed by atoms with Gasteiger partial charge in [-0.1, -0.05) is 35.5 Å². The minimum atomic E-state index is -1.01. The molecule has 162 valence electrons. The summed E-state index contributed by atoms with van der Waals surface area (Å²) in [7, 11) is 1.60. The van der Waals surface area contributed by atoms with Crippen molar-refractivity contribution >= 4 is 29.2 Å². The second-order valence-corrected chi connectivity index (χ2v) is 7.45. The van der Waals surface area contributed by atoms with Gasteiger partial charge < -0.3 is 9.42 Å². The van der Waals surface area contributed by atoms with Crippen LogP contribution in [0.2, 0.25) is 0 Å². The second kappa shape index (κ2) is 8.90. The largest absolute Gasteiger partial charge is 0.361 e. The number of aromatic nitrogens is 2. The van der Waals surface area contributed by atoms with Gasteiger partial charge in [-0.2, -0.15) is 4.98 Å². The molecule has 1 aromatic heterocycles. The lowest BCUT2D eigenvalue weighted by atomic mass is 10.0. The fourth-order valence-corrected chi connectivity index (χ4v) is 3.18. The van der Waals surface area contributed by atoms with E-state index in [1.165, 1.54) is 4.90 Å². The zero-order valence-corrected chi connectivity index (χ0v) is 17.5. The molecule has 10 nitrogen and oxygen atoms in total. The van der Waals surface area contributed by atoms with Crippen molar-refractivity contribution < 1.29 is 23.7 Å². The third kappa shape index (κ3) is 4.68. The van der Waals surface area contributed by atoms with Gasteiger partial charge in [0.2, 0.25) is 23.5 Å². The van der Waals surface area contributed by atoms with Crippen LogP contribution in [-0.4, -0.2) is 56.7 Å². The first kappa shape index (κ1) is 21.9. The first-order chi connectivity index (χ1) is 14.7. The first-order valence-corrected chi connectivity index (χ1v) is 9.66. The molecule has 0 aliphatic carbocycles. The van der Waals surface area contributed by atoms with Gasteiger partial charge in [-0.3, -0.25) is 29.4 Å². The van der Waals surface area contributed by atoms with Crippen LogP contribution in [0.15, 0.2) is 46.7 Å². The molecule has 31 heavy (non-hydrogen) atoms. The lowest BCUT2D eigenvalue weighted by Gasteiger charge is -2.29. The number of amides is 4. The van der Waals surface area contributed by atoms with E-state index < -0.39 is 29.7 Å². The van der Waals surface area contributed by atoms with E-state index in [9.17, 15) is 19.2 Å². The van der Waals surface area contributed by atoms with Crippen LogP contribution in [-0.2, 0) is 25.7 Å². The van der Waals surface area contributed by atoms with E-state index >= 15 is 0 Å². The number of hydrogen-bond acceptors (Lipinski definition) is 8. The molecular formula is C21H23N5O5. The first-order valence-electron chi connectivity index (χ1n) is 9.66. The topological polar surface area (TPSA) is 126 Å². The summed E-state index contributed by atoms with van der Waals surface area (Å²) in [6, 6.07) is -1.01. The molecule has 0 bridgehead atoms. The summed E-state index contributed by atoms with van der Waals surface area (Å²) < 4.78 is 5.27. The zero-order chi connectivity index (χ0) is 22.7. The van der Waals surface area contributed by atoms with Crippen LogP contribution in [0.5, 0.6) is 0 Å². The number of nitrogens with one attached hydrogen (secondary N) is 1. The second-order valence-electron chi connectivity index (χ2n) is 7.45. The number of allylic oxidation sites excluding steroid dienone is 5. The lowest BCUT2D eigenvalue weighted by molar-refractivity contribution is -0.150. The molecular weight excluding hydrogens is 402 g/mol. The van der Waals surface area contributed by atoms with Crippen LogP contribution in [0.4, 0.5) is 0 Å². The molecule has 1 aromatic rings. The van der Waals surface area contributed by atoms with Crippen LogP contribution in [0.25, 0.3) is 5.57 Å². The smallest absolute Gasteiger partial charge is 0.277 e. The Bertz CT molecular complexity index is 1040. The average molecular weight is 425 g/mol. The summed E-state index contributed by atoms with van der Waals surface area (Å²) in [5.41, 5.74) is 1.87. The molecule has 0 saturated carbocycles. The van der Waals surface area contributed by atoms with Crippen molar-refractivity contribution in [3.05, 3.63) is 53.9 Å². The van der Waals surface area contributed by atoms with Gasteiger partial charge in [0.25, 0.3) is 11.8 Å². The van der Waals surface area contributed by atoms with Gasteiger partial charge >= 0.3 is 0 Å². The highest BCUT2D eigenvalue weighted by Crippen LogP contribution is 2.24. The molecule has 1 atom stereocenters. The van der Waals surface area contributed by atoms with Crippen molar-refractivity contribution in [2.45, 2.75) is 39.3 Å². The lowest BCUT2D eigenvalue weighted by Crippen LogP contribution is -2.54. The molecule has 3 heterocycles. The van der Waals surface area contributed by atoms with E-state index in [4.69, 9.17) is 4.52 Å². The number of hydrogen-bond donors (Lipinski definition) is 1. The Morgan fingerprint density at radius 1 is 1.32 bits per heavy atom. The Morgan fingerprint density at radius 3 is 2.71 bits per heavy atom. The van der Waals surface area contributed by atoms with Gasteiger partial charge in [0.1, 0.15) is 11.7 Å². The number of imide groups is 2. The van der Waals surface area contributed by atoms with Gasteiger partial charge in [-0.15, -0.1) is 0 Å². The fraction of sp³-hybridized carbons (Fsp3) is 0.333. The van der Waals surface area contributed by atoms with Crippen molar-refractivity contribution in [2.24, 2.45) is 0 Å². The molecule has 2 aliphatic heterocycles. The summed E-state index contributed by atoms with van der Waals surface area (Å²) in [4.78, 5) is 55.3. The van der Waals surface area contributed by atoms with Crippen LogP contribution >= 0.6 is 0 Å². The van der Waals surface area contributed by atoms with Gasteiger partial charge in [0.05, 0.1) is 6.54 Å². The highest BCUT2D eigenvalue weighted by atomic mass is 16.5. The normalized spacial score (nSPS) is 19.3. The monoisotopic (exact) mass is 425 g/mol. The highest BCUT2D eigenvalue weighted by molar-refractivity contribution is 6.18. The van der Waals surface area contributed by atoms with Crippen molar-refractivity contribution in [3.8, 4) is 0 Å². The standard InChI is InChI=1S/C21H23N5O5/c1-5-13(7-6-12(2)3)19-23-17(31-24-19)11-25(4)15-10-18(28)26(21(15)30)14-8-9-16(27)22-20(14)29/h5-7,10,14H,1,8-9,11H2,2-4H3,(H,22,27,29)/b13-7+. The maximum absolute atomic E-state index is 12.8. The van der Waals surface area contributed by atoms with Crippen LogP contribution in [0.1, 0.15) is 38.4 Å². The Morgan fingerprint density at radius 2 is 2.06 bits per heavy atom. The highest BCUT2D eigenvalue weighted by Gasteiger charge is 2.43. The molecule has 0 radical (unpaired) electrons. The number of carbonyl (C=O) groups is 4. The van der Waals surface area contributed by atoms with Gasteiger partial charge in [0, 0.05) is 25.1 Å². The minimum absolute atomic E-state index is 0.0648. The third-order valence-corrected chi connectivity index (χ3v) is 4.78. The Kier molecular flexibility index (Phi) is 6.28. The van der Waals surface area contributed by atoms with Crippen molar-refractivity contribution in [1.82, 2.24) is 25.3 Å². The van der Waals surface area contributed by atoms with Crippen molar-refractivity contribution in [3.63, 3.8) is 0 Å². The number of nitrogens with zero attached hydrogens (tertiary/aromatic N) is 4. The third-order valence-electron chi connectivity index (χ3n) is 4.78. The zero-order valence-electron chi connectivity index (χ0n) is 17.5. The van der Waals surface area contributed by atoms with E-state index in [1.54, 1.807) is 13.1 Å². The van der Waals surface area contributed by atoms with E-state index in [-0.39, 0.29) is 31.0 Å². The van der Waals surface area contributed by atoms with Crippen molar-refractivity contribution in [2.75, 3.05) is 7.05 Å². The Hall–Kier alpha value is -3.82. The molecule has 3 rings (SSSR count). The summed E-state index contributed by atoms with van der Waals surface area (Å²) in [6.07, 6.45) is 6.65. The SMILES string of the molecule is C=C/C(=C\C=C(C)C)c1noc(CN(C)C2=CC(=O)N(C3CCC(=O)NC3=O)C2=O)n1. The molecule has 0 aromatic carbocycles. The predicted octanol–water partition coefficient (Wildman–Crippen LogP) is 1.09. The average Bonchev–Trinajstić information content (AvgIpc) is 3.27. The molecule has 2 aliphatic rings. The van der Waals surface area contributed by atoms with Crippen LogP contribution in [0, 0.1) is 0 Å². The summed E-state index contributed by atoms with van der Waals surface area (Å²) in [5.74, 6) is -1.71. The number of likely N-dealkylation sites (N-methyl/N-ethyl adjacent to an activating group) is 1. The van der Waals surface area contributed by atoms with Crippen LogP contribution < -0.4 is 5.32 Å². The Balaban J connectivity index is 1.71. The van der Waals surface area contributed by atoms with E-state index in [2.05, 4.69) is 22.0 Å². The fourth-order valence-electron chi connectivity index (χ4n) is 3.18. The number of carbonyl (C=O) groups excluding carboxylic acids is 4. The Labute approximate surface area is 178 Å². The van der Waals surface area contributed by atoms with E-state index in [0.29, 0.717) is 11.4 Å². The van der Waals surface area contributed by atoms with E-state index in [0.717, 1.165) is 16.5 Å². The number of rotatable bonds is 7. The van der Waals surface area contributed by atoms with Gasteiger partial charge in [-0.25, -0.2) is 0 Å². The van der Waals surface area contributed by atoms with E-state index in [1.807, 2.05) is 26.0 Å². The van der Waals surface area contributed by atoms with Gasteiger partial charge in [-0.05, 0) is 20.3 Å². The summed E-state index contributed by atoms with van der Waals surface area (Å²) >= 11 is 0. The van der Waals surface area contributed by atoms with Crippen LogP contribution in [0.3, 0.4) is 0 Å².